The van der Waals surface area contributed by atoms with Gasteiger partial charge >= 0.3 is 5.97 Å². The maximum atomic E-state index is 11.3. The number of hydrogen-bond donors (Lipinski definition) is 3. The number of aliphatic carboxylic acids is 1. The maximum absolute atomic E-state index is 11.3. The second-order valence-corrected chi connectivity index (χ2v) is 7.28. The van der Waals surface area contributed by atoms with Gasteiger partial charge in [-0.1, -0.05) is 18.2 Å². The van der Waals surface area contributed by atoms with E-state index < -0.39 is 5.97 Å². The zero-order valence-corrected chi connectivity index (χ0v) is 15.6. The Morgan fingerprint density at radius 3 is 2.92 bits per heavy atom. The molecule has 1 aromatic carbocycles. The fraction of sp³-hybridized carbons (Fsp3) is 0.0667. The number of hydrogen-bond acceptors (Lipinski definition) is 6. The van der Waals surface area contributed by atoms with Gasteiger partial charge in [0, 0.05) is 10.9 Å². The van der Waals surface area contributed by atoms with Crippen molar-refractivity contribution in [3.63, 3.8) is 0 Å². The molecule has 0 atom stereocenters. The topological polar surface area (TPSA) is 123 Å². The van der Waals surface area contributed by atoms with E-state index >= 15 is 0 Å². The van der Waals surface area contributed by atoms with Crippen molar-refractivity contribution in [3.8, 4) is 0 Å². The number of anilines is 1. The van der Waals surface area contributed by atoms with E-state index in [4.69, 9.17) is 5.73 Å². The number of halogens is 1. The number of nitrogens with one attached hydrogen (secondary N) is 1. The van der Waals surface area contributed by atoms with Gasteiger partial charge in [-0.25, -0.2) is 15.0 Å². The standard InChI is InChI=1S/C15H11IN6O2S/c16-10-7-3-1-2-4-8(7)20-14(10)25-15-21-11-12(17)18-6-19-13(11)22(15)5-9(23)24/h1-4,6,20H,5H2,(H,23,24)(H2,17,18,19). The van der Waals surface area contributed by atoms with Gasteiger partial charge in [0.25, 0.3) is 0 Å². The van der Waals surface area contributed by atoms with Gasteiger partial charge in [0.2, 0.25) is 0 Å². The van der Waals surface area contributed by atoms with Crippen LogP contribution in [0.25, 0.3) is 22.1 Å². The molecule has 0 unspecified atom stereocenters. The van der Waals surface area contributed by atoms with Crippen LogP contribution in [-0.2, 0) is 11.3 Å². The molecular weight excluding hydrogens is 455 g/mol. The highest BCUT2D eigenvalue weighted by Gasteiger charge is 2.20. The second-order valence-electron chi connectivity index (χ2n) is 5.22. The fourth-order valence-electron chi connectivity index (χ4n) is 2.53. The van der Waals surface area contributed by atoms with Gasteiger partial charge in [-0.15, -0.1) is 0 Å². The predicted octanol–water partition coefficient (Wildman–Crippen LogP) is 2.73. The summed E-state index contributed by atoms with van der Waals surface area (Å²) >= 11 is 3.61. The number of nitrogen functional groups attached to an aromatic ring is 1. The highest BCUT2D eigenvalue weighted by Crippen LogP contribution is 2.36. The lowest BCUT2D eigenvalue weighted by Crippen LogP contribution is -2.10. The quantitative estimate of drug-likeness (QED) is 0.396. The van der Waals surface area contributed by atoms with Crippen molar-refractivity contribution in [2.45, 2.75) is 16.7 Å². The third-order valence-electron chi connectivity index (χ3n) is 3.62. The number of nitrogens with zero attached hydrogens (tertiary/aromatic N) is 4. The summed E-state index contributed by atoms with van der Waals surface area (Å²) in [6.07, 6.45) is 1.30. The maximum Gasteiger partial charge on any atom is 0.323 e. The molecular formula is C15H11IN6O2S. The molecule has 4 aromatic rings. The third kappa shape index (κ3) is 2.80. The first-order chi connectivity index (χ1) is 12.0. The lowest BCUT2D eigenvalue weighted by Gasteiger charge is -2.04. The van der Waals surface area contributed by atoms with Gasteiger partial charge in [-0.3, -0.25) is 9.36 Å². The van der Waals surface area contributed by atoms with Crippen molar-refractivity contribution in [2.24, 2.45) is 0 Å². The molecule has 10 heteroatoms. The van der Waals surface area contributed by atoms with E-state index in [1.54, 1.807) is 0 Å². The van der Waals surface area contributed by atoms with Crippen LogP contribution in [0.5, 0.6) is 0 Å². The molecule has 4 rings (SSSR count). The summed E-state index contributed by atoms with van der Waals surface area (Å²) in [4.78, 5) is 27.1. The normalized spacial score (nSPS) is 11.4. The van der Waals surface area contributed by atoms with Crippen LogP contribution in [0.15, 0.2) is 40.8 Å². The number of rotatable bonds is 4. The highest BCUT2D eigenvalue weighted by atomic mass is 127. The minimum absolute atomic E-state index is 0.224. The number of aromatic amines is 1. The molecule has 0 aliphatic carbocycles. The van der Waals surface area contributed by atoms with Gasteiger partial charge in [0.15, 0.2) is 22.1 Å². The Balaban J connectivity index is 1.86. The summed E-state index contributed by atoms with van der Waals surface area (Å²) in [6.45, 7) is -0.258. The zero-order valence-electron chi connectivity index (χ0n) is 12.6. The van der Waals surface area contributed by atoms with Crippen molar-refractivity contribution in [2.75, 3.05) is 5.73 Å². The molecule has 0 aliphatic heterocycles. The van der Waals surface area contributed by atoms with Crippen LogP contribution in [-0.4, -0.2) is 35.6 Å². The van der Waals surface area contributed by atoms with Crippen molar-refractivity contribution >= 4 is 68.2 Å². The number of aromatic nitrogens is 5. The van der Waals surface area contributed by atoms with Crippen LogP contribution < -0.4 is 5.73 Å². The van der Waals surface area contributed by atoms with E-state index in [0.29, 0.717) is 16.3 Å². The monoisotopic (exact) mass is 466 g/mol. The summed E-state index contributed by atoms with van der Waals surface area (Å²) in [5.41, 5.74) is 7.68. The molecule has 0 saturated carbocycles. The largest absolute Gasteiger partial charge is 0.480 e. The lowest BCUT2D eigenvalue weighted by molar-refractivity contribution is -0.137. The molecule has 3 heterocycles. The second kappa shape index (κ2) is 6.19. The summed E-state index contributed by atoms with van der Waals surface area (Å²) in [7, 11) is 0. The van der Waals surface area contributed by atoms with Crippen LogP contribution >= 0.6 is 34.4 Å². The minimum Gasteiger partial charge on any atom is -0.480 e. The van der Waals surface area contributed by atoms with E-state index in [0.717, 1.165) is 19.5 Å². The first kappa shape index (κ1) is 16.1. The van der Waals surface area contributed by atoms with E-state index in [-0.39, 0.29) is 12.4 Å². The Morgan fingerprint density at radius 1 is 1.36 bits per heavy atom. The molecule has 25 heavy (non-hydrogen) atoms. The van der Waals surface area contributed by atoms with E-state index in [1.807, 2.05) is 24.3 Å². The van der Waals surface area contributed by atoms with Gasteiger partial charge < -0.3 is 15.8 Å². The lowest BCUT2D eigenvalue weighted by atomic mass is 10.3. The number of fused-ring (bicyclic) bond motifs is 2. The first-order valence-corrected chi connectivity index (χ1v) is 9.06. The molecule has 0 radical (unpaired) electrons. The summed E-state index contributed by atoms with van der Waals surface area (Å²) in [5, 5.41) is 11.7. The fourth-order valence-corrected chi connectivity index (χ4v) is 4.41. The number of H-pyrrole nitrogens is 1. The number of carbonyl (C=O) groups is 1. The van der Waals surface area contributed by atoms with Crippen molar-refractivity contribution in [3.05, 3.63) is 34.2 Å². The zero-order chi connectivity index (χ0) is 17.6. The van der Waals surface area contributed by atoms with Gasteiger partial charge in [0.05, 0.1) is 8.60 Å². The Kier molecular flexibility index (Phi) is 4.00. The Bertz CT molecular complexity index is 1120. The minimum atomic E-state index is -0.982. The van der Waals surface area contributed by atoms with E-state index in [9.17, 15) is 9.90 Å². The average Bonchev–Trinajstić information content (AvgIpc) is 3.08. The number of para-hydroxylation sites is 1. The molecule has 0 bridgehead atoms. The van der Waals surface area contributed by atoms with Crippen LogP contribution in [0.3, 0.4) is 0 Å². The number of imidazole rings is 1. The van der Waals surface area contributed by atoms with Gasteiger partial charge in [-0.2, -0.15) is 0 Å². The number of nitrogens with two attached hydrogens (primary N) is 1. The smallest absolute Gasteiger partial charge is 0.323 e. The highest BCUT2D eigenvalue weighted by molar-refractivity contribution is 14.1. The predicted molar refractivity (Wildman–Crippen MR) is 103 cm³/mol. The molecule has 4 N–H and O–H groups in total. The molecule has 8 nitrogen and oxygen atoms in total. The Labute approximate surface area is 159 Å². The summed E-state index contributed by atoms with van der Waals surface area (Å²) < 4.78 is 2.58. The molecule has 0 saturated heterocycles. The van der Waals surface area contributed by atoms with Crippen LogP contribution in [0, 0.1) is 3.57 Å². The molecule has 0 aliphatic rings. The van der Waals surface area contributed by atoms with Crippen molar-refractivity contribution in [1.29, 1.82) is 0 Å². The van der Waals surface area contributed by atoms with Gasteiger partial charge in [0.1, 0.15) is 12.9 Å². The molecule has 0 fully saturated rings. The van der Waals surface area contributed by atoms with E-state index in [1.165, 1.54) is 22.7 Å². The molecule has 126 valence electrons. The van der Waals surface area contributed by atoms with E-state index in [2.05, 4.69) is 42.5 Å². The van der Waals surface area contributed by atoms with Crippen molar-refractivity contribution < 1.29 is 9.90 Å². The summed E-state index contributed by atoms with van der Waals surface area (Å²) in [6, 6.07) is 7.95. The van der Waals surface area contributed by atoms with Crippen molar-refractivity contribution in [1.82, 2.24) is 24.5 Å². The van der Waals surface area contributed by atoms with Gasteiger partial charge in [-0.05, 0) is 40.4 Å². The average molecular weight is 466 g/mol. The van der Waals surface area contributed by atoms with Crippen LogP contribution in [0.2, 0.25) is 0 Å². The Morgan fingerprint density at radius 2 is 2.16 bits per heavy atom. The van der Waals surface area contributed by atoms with Crippen LogP contribution in [0.1, 0.15) is 0 Å². The number of carboxylic acid groups (broad SMARTS) is 1. The molecule has 3 aromatic heterocycles. The Hall–Kier alpha value is -2.34. The third-order valence-corrected chi connectivity index (χ3v) is 6.11. The SMILES string of the molecule is Nc1ncnc2c1nc(Sc1[nH]c3ccccc3c1I)n2CC(=O)O. The molecule has 0 amide bonds. The molecule has 0 spiro atoms. The number of benzene rings is 1. The number of carboxylic acids is 1. The summed E-state index contributed by atoms with van der Waals surface area (Å²) in [5.74, 6) is -0.757. The first-order valence-electron chi connectivity index (χ1n) is 7.17. The van der Waals surface area contributed by atoms with Crippen LogP contribution in [0.4, 0.5) is 5.82 Å².